The van der Waals surface area contributed by atoms with Crippen LogP contribution in [-0.4, -0.2) is 37.2 Å². The SMILES string of the molecule is COc1ccc2nc(N(Cc3ccccn3)C(=O)CCS(=O)(=O)c3ccccc3)sc2c1. The van der Waals surface area contributed by atoms with Crippen LogP contribution in [0.3, 0.4) is 0 Å². The molecule has 4 rings (SSSR count). The van der Waals surface area contributed by atoms with Crippen LogP contribution < -0.4 is 9.64 Å². The molecule has 9 heteroatoms. The van der Waals surface area contributed by atoms with Gasteiger partial charge in [-0.3, -0.25) is 14.7 Å². The number of benzene rings is 2. The van der Waals surface area contributed by atoms with E-state index >= 15 is 0 Å². The van der Waals surface area contributed by atoms with Crippen molar-refractivity contribution in [1.29, 1.82) is 0 Å². The first-order valence-electron chi connectivity index (χ1n) is 9.89. The van der Waals surface area contributed by atoms with Crippen molar-refractivity contribution in [2.45, 2.75) is 17.9 Å². The molecule has 0 bridgehead atoms. The Morgan fingerprint density at radius 3 is 2.56 bits per heavy atom. The van der Waals surface area contributed by atoms with Crippen LogP contribution >= 0.6 is 11.3 Å². The fourth-order valence-corrected chi connectivity index (χ4v) is 5.42. The minimum absolute atomic E-state index is 0.163. The number of sulfone groups is 1. The number of nitrogens with zero attached hydrogens (tertiary/aromatic N) is 3. The van der Waals surface area contributed by atoms with E-state index in [-0.39, 0.29) is 29.5 Å². The predicted molar refractivity (Wildman–Crippen MR) is 125 cm³/mol. The maximum Gasteiger partial charge on any atom is 0.230 e. The van der Waals surface area contributed by atoms with Gasteiger partial charge in [0.05, 0.1) is 40.2 Å². The van der Waals surface area contributed by atoms with Crippen molar-refractivity contribution in [2.24, 2.45) is 0 Å². The number of anilines is 1. The number of hydrogen-bond acceptors (Lipinski definition) is 7. The third kappa shape index (κ3) is 4.95. The summed E-state index contributed by atoms with van der Waals surface area (Å²) in [4.78, 5) is 23.8. The number of ether oxygens (including phenoxy) is 1. The highest BCUT2D eigenvalue weighted by atomic mass is 32.2. The van der Waals surface area contributed by atoms with Gasteiger partial charge < -0.3 is 4.74 Å². The van der Waals surface area contributed by atoms with Gasteiger partial charge in [0.15, 0.2) is 15.0 Å². The van der Waals surface area contributed by atoms with E-state index in [9.17, 15) is 13.2 Å². The quantitative estimate of drug-likeness (QED) is 0.388. The molecule has 0 N–H and O–H groups in total. The Balaban J connectivity index is 1.61. The van der Waals surface area contributed by atoms with Crippen LogP contribution in [-0.2, 0) is 21.2 Å². The molecular weight excluding hydrogens is 446 g/mol. The van der Waals surface area contributed by atoms with Crippen molar-refractivity contribution < 1.29 is 17.9 Å². The highest BCUT2D eigenvalue weighted by molar-refractivity contribution is 7.91. The summed E-state index contributed by atoms with van der Waals surface area (Å²) in [5.74, 6) is 0.0817. The maximum absolute atomic E-state index is 13.2. The number of fused-ring (bicyclic) bond motifs is 1. The lowest BCUT2D eigenvalue weighted by Gasteiger charge is -2.19. The Hall–Kier alpha value is -3.30. The van der Waals surface area contributed by atoms with Gasteiger partial charge in [0.2, 0.25) is 5.91 Å². The molecule has 2 heterocycles. The van der Waals surface area contributed by atoms with Gasteiger partial charge in [-0.15, -0.1) is 0 Å². The number of aromatic nitrogens is 2. The lowest BCUT2D eigenvalue weighted by molar-refractivity contribution is -0.118. The molecule has 0 aliphatic heterocycles. The van der Waals surface area contributed by atoms with Crippen LogP contribution in [0.1, 0.15) is 12.1 Å². The molecule has 0 atom stereocenters. The molecule has 7 nitrogen and oxygen atoms in total. The van der Waals surface area contributed by atoms with Crippen molar-refractivity contribution in [2.75, 3.05) is 17.8 Å². The second kappa shape index (κ2) is 9.46. The van der Waals surface area contributed by atoms with E-state index in [0.717, 1.165) is 10.2 Å². The minimum Gasteiger partial charge on any atom is -0.497 e. The van der Waals surface area contributed by atoms with Gasteiger partial charge in [-0.05, 0) is 42.5 Å². The first kappa shape index (κ1) is 21.9. The summed E-state index contributed by atoms with van der Waals surface area (Å²) in [6.45, 7) is 0.196. The Labute approximate surface area is 190 Å². The number of hydrogen-bond donors (Lipinski definition) is 0. The molecule has 1 amide bonds. The molecule has 0 fully saturated rings. The van der Waals surface area contributed by atoms with E-state index in [2.05, 4.69) is 9.97 Å². The van der Waals surface area contributed by atoms with Crippen molar-refractivity contribution in [3.05, 3.63) is 78.6 Å². The summed E-state index contributed by atoms with van der Waals surface area (Å²) in [5.41, 5.74) is 1.42. The molecule has 0 unspecified atom stereocenters. The molecule has 0 aliphatic carbocycles. The fraction of sp³-hybridized carbons (Fsp3) is 0.174. The third-order valence-corrected chi connectivity index (χ3v) is 7.62. The van der Waals surface area contributed by atoms with Crippen molar-refractivity contribution >= 4 is 42.4 Å². The van der Waals surface area contributed by atoms with E-state index in [1.165, 1.54) is 28.4 Å². The normalized spacial score (nSPS) is 11.4. The zero-order chi connectivity index (χ0) is 22.6. The van der Waals surface area contributed by atoms with Gasteiger partial charge in [0.25, 0.3) is 0 Å². The minimum atomic E-state index is -3.57. The van der Waals surface area contributed by atoms with E-state index in [1.54, 1.807) is 37.6 Å². The molecule has 0 radical (unpaired) electrons. The molecule has 0 saturated heterocycles. The largest absolute Gasteiger partial charge is 0.497 e. The average Bonchev–Trinajstić information content (AvgIpc) is 3.25. The standard InChI is InChI=1S/C23H21N3O4S2/c1-30-18-10-11-20-21(15-18)31-23(25-20)26(16-17-7-5-6-13-24-17)22(27)12-14-32(28,29)19-8-3-2-4-9-19/h2-11,13,15H,12,14,16H2,1H3. The van der Waals surface area contributed by atoms with Gasteiger partial charge in [-0.2, -0.15) is 0 Å². The Morgan fingerprint density at radius 1 is 1.06 bits per heavy atom. The van der Waals surface area contributed by atoms with E-state index in [1.807, 2.05) is 30.3 Å². The van der Waals surface area contributed by atoms with Gasteiger partial charge in [0, 0.05) is 12.6 Å². The number of thiazole rings is 1. The van der Waals surface area contributed by atoms with Crippen LogP contribution in [0.25, 0.3) is 10.2 Å². The Morgan fingerprint density at radius 2 is 1.84 bits per heavy atom. The number of pyridine rings is 1. The number of rotatable bonds is 8. The van der Waals surface area contributed by atoms with Crippen LogP contribution in [0, 0.1) is 0 Å². The molecule has 0 aliphatic rings. The lowest BCUT2D eigenvalue weighted by Crippen LogP contribution is -2.32. The maximum atomic E-state index is 13.2. The zero-order valence-electron chi connectivity index (χ0n) is 17.3. The smallest absolute Gasteiger partial charge is 0.230 e. The molecule has 164 valence electrons. The van der Waals surface area contributed by atoms with Gasteiger partial charge in [0.1, 0.15) is 5.75 Å². The number of carbonyl (C=O) groups is 1. The van der Waals surface area contributed by atoms with Crippen molar-refractivity contribution in [3.8, 4) is 5.75 Å². The topological polar surface area (TPSA) is 89.5 Å². The second-order valence-electron chi connectivity index (χ2n) is 7.01. The summed E-state index contributed by atoms with van der Waals surface area (Å²) in [5, 5.41) is 0.487. The fourth-order valence-electron chi connectivity index (χ4n) is 3.15. The van der Waals surface area contributed by atoms with Gasteiger partial charge in [-0.1, -0.05) is 35.6 Å². The van der Waals surface area contributed by atoms with Gasteiger partial charge in [-0.25, -0.2) is 13.4 Å². The van der Waals surface area contributed by atoms with Crippen molar-refractivity contribution in [3.63, 3.8) is 0 Å². The number of methoxy groups -OCH3 is 1. The van der Waals surface area contributed by atoms with E-state index in [0.29, 0.717) is 16.6 Å². The summed E-state index contributed by atoms with van der Waals surface area (Å²) >= 11 is 1.35. The predicted octanol–water partition coefficient (Wildman–Crippen LogP) is 4.10. The van der Waals surface area contributed by atoms with Crippen LogP contribution in [0.2, 0.25) is 0 Å². The summed E-state index contributed by atoms with van der Waals surface area (Å²) in [6, 6.07) is 19.1. The van der Waals surface area contributed by atoms with Crippen LogP contribution in [0.5, 0.6) is 5.75 Å². The second-order valence-corrected chi connectivity index (χ2v) is 10.1. The highest BCUT2D eigenvalue weighted by Gasteiger charge is 2.24. The molecule has 0 saturated carbocycles. The Bertz CT molecular complexity index is 1320. The molecule has 32 heavy (non-hydrogen) atoms. The molecular formula is C23H21N3O4S2. The average molecular weight is 468 g/mol. The molecule has 0 spiro atoms. The molecule has 2 aromatic carbocycles. The number of carbonyl (C=O) groups excluding carboxylic acids is 1. The van der Waals surface area contributed by atoms with Crippen LogP contribution in [0.15, 0.2) is 77.8 Å². The first-order valence-corrected chi connectivity index (χ1v) is 12.4. The van der Waals surface area contributed by atoms with Crippen LogP contribution in [0.4, 0.5) is 5.13 Å². The van der Waals surface area contributed by atoms with Gasteiger partial charge >= 0.3 is 0 Å². The van der Waals surface area contributed by atoms with Crippen molar-refractivity contribution in [1.82, 2.24) is 9.97 Å². The summed E-state index contributed by atoms with van der Waals surface area (Å²) in [7, 11) is -1.98. The molecule has 4 aromatic rings. The third-order valence-electron chi connectivity index (χ3n) is 4.85. The van der Waals surface area contributed by atoms with E-state index < -0.39 is 9.84 Å². The first-order chi connectivity index (χ1) is 15.5. The lowest BCUT2D eigenvalue weighted by atomic mass is 10.3. The van der Waals surface area contributed by atoms with E-state index in [4.69, 9.17) is 4.74 Å². The highest BCUT2D eigenvalue weighted by Crippen LogP contribution is 2.32. The Kier molecular flexibility index (Phi) is 6.48. The summed E-state index contributed by atoms with van der Waals surface area (Å²) < 4.78 is 31.5. The summed E-state index contributed by atoms with van der Waals surface area (Å²) in [6.07, 6.45) is 1.49. The number of amides is 1. The molecule has 2 aromatic heterocycles. The zero-order valence-corrected chi connectivity index (χ0v) is 19.0. The monoisotopic (exact) mass is 467 g/mol.